The summed E-state index contributed by atoms with van der Waals surface area (Å²) in [4.78, 5) is 12.4. The van der Waals surface area contributed by atoms with Gasteiger partial charge in [-0.3, -0.25) is 4.79 Å². The first-order valence-corrected chi connectivity index (χ1v) is 9.19. The van der Waals surface area contributed by atoms with E-state index < -0.39 is 9.84 Å². The van der Waals surface area contributed by atoms with Crippen LogP contribution in [0.25, 0.3) is 0 Å². The van der Waals surface area contributed by atoms with E-state index in [-0.39, 0.29) is 11.5 Å². The van der Waals surface area contributed by atoms with Crippen LogP contribution in [0.3, 0.4) is 0 Å². The normalized spacial score (nSPS) is 11.4. The Morgan fingerprint density at radius 2 is 1.71 bits per heavy atom. The fraction of sp³-hybridized carbons (Fsp3) is 0.188. The van der Waals surface area contributed by atoms with Crippen molar-refractivity contribution in [2.24, 2.45) is 0 Å². The minimum Gasteiger partial charge on any atom is -0.289 e. The highest BCUT2D eigenvalue weighted by atomic mass is 79.9. The fourth-order valence-corrected chi connectivity index (χ4v) is 3.39. The van der Waals surface area contributed by atoms with Crippen molar-refractivity contribution in [3.05, 3.63) is 69.2 Å². The predicted molar refractivity (Wildman–Crippen MR) is 87.3 cm³/mol. The molecule has 5 heteroatoms. The Balaban J connectivity index is 2.32. The molecule has 0 fully saturated rings. The molecule has 0 saturated carbocycles. The quantitative estimate of drug-likeness (QED) is 0.777. The van der Waals surface area contributed by atoms with Crippen LogP contribution in [0, 0.1) is 6.92 Å². The number of rotatable bonds is 4. The third-order valence-corrected chi connectivity index (χ3v) is 4.53. The molecule has 0 heterocycles. The molecule has 0 aromatic heterocycles. The summed E-state index contributed by atoms with van der Waals surface area (Å²) in [5, 5.41) is 0. The highest BCUT2D eigenvalue weighted by Gasteiger charge is 2.14. The first kappa shape index (κ1) is 15.9. The minimum absolute atomic E-state index is 0.0371. The van der Waals surface area contributed by atoms with Crippen LogP contribution in [0.4, 0.5) is 0 Å². The Morgan fingerprint density at radius 1 is 1.10 bits per heavy atom. The van der Waals surface area contributed by atoms with Gasteiger partial charge in [-0.1, -0.05) is 51.8 Å². The maximum absolute atomic E-state index is 12.4. The molecule has 0 aliphatic heterocycles. The molecule has 3 nitrogen and oxygen atoms in total. The summed E-state index contributed by atoms with van der Waals surface area (Å²) in [5.74, 6) is -0.127. The zero-order valence-corrected chi connectivity index (χ0v) is 14.2. The van der Waals surface area contributed by atoms with Crippen molar-refractivity contribution >= 4 is 31.6 Å². The van der Waals surface area contributed by atoms with Gasteiger partial charge in [0.1, 0.15) is 0 Å². The van der Waals surface area contributed by atoms with Crippen LogP contribution in [0.2, 0.25) is 0 Å². The second kappa shape index (κ2) is 6.12. The number of aryl methyl sites for hydroxylation is 1. The second-order valence-corrected chi connectivity index (χ2v) is 8.07. The predicted octanol–water partition coefficient (Wildman–Crippen LogP) is 3.53. The van der Waals surface area contributed by atoms with Crippen molar-refractivity contribution in [2.45, 2.75) is 12.7 Å². The molecule has 2 rings (SSSR count). The molecule has 0 aliphatic carbocycles. The summed E-state index contributed by atoms with van der Waals surface area (Å²) >= 11 is 3.35. The number of hydrogen-bond donors (Lipinski definition) is 0. The standard InChI is InChI=1S/C16H15BrO3S/c1-11-3-6-13(7-4-11)16(18)14-8-5-12(9-15(14)17)10-21(2,19)20/h3-9H,10H2,1-2H3. The number of benzene rings is 2. The average molecular weight is 367 g/mol. The smallest absolute Gasteiger partial charge is 0.194 e. The third-order valence-electron chi connectivity index (χ3n) is 3.02. The van der Waals surface area contributed by atoms with E-state index in [0.29, 0.717) is 21.2 Å². The SMILES string of the molecule is Cc1ccc(C(=O)c2ccc(CS(C)(=O)=O)cc2Br)cc1. The first-order chi connectivity index (χ1) is 9.76. The van der Waals surface area contributed by atoms with Gasteiger partial charge in [0.25, 0.3) is 0 Å². The van der Waals surface area contributed by atoms with E-state index in [9.17, 15) is 13.2 Å². The van der Waals surface area contributed by atoms with Crippen LogP contribution in [0.15, 0.2) is 46.9 Å². The lowest BCUT2D eigenvalue weighted by atomic mass is 10.0. The van der Waals surface area contributed by atoms with E-state index in [0.717, 1.165) is 5.56 Å². The van der Waals surface area contributed by atoms with Crippen LogP contribution < -0.4 is 0 Å². The van der Waals surface area contributed by atoms with Gasteiger partial charge in [-0.25, -0.2) is 8.42 Å². The van der Waals surface area contributed by atoms with Gasteiger partial charge in [0.15, 0.2) is 15.6 Å². The van der Waals surface area contributed by atoms with E-state index in [1.165, 1.54) is 6.26 Å². The topological polar surface area (TPSA) is 51.2 Å². The Labute approximate surface area is 133 Å². The molecule has 110 valence electrons. The highest BCUT2D eigenvalue weighted by Crippen LogP contribution is 2.23. The lowest BCUT2D eigenvalue weighted by Gasteiger charge is -2.07. The van der Waals surface area contributed by atoms with Crippen molar-refractivity contribution < 1.29 is 13.2 Å². The van der Waals surface area contributed by atoms with Gasteiger partial charge in [-0.2, -0.15) is 0 Å². The van der Waals surface area contributed by atoms with Crippen molar-refractivity contribution in [1.29, 1.82) is 0 Å². The largest absolute Gasteiger partial charge is 0.289 e. The molecule has 0 radical (unpaired) electrons. The van der Waals surface area contributed by atoms with Crippen molar-refractivity contribution in [2.75, 3.05) is 6.26 Å². The number of halogens is 1. The molecule has 0 aliphatic rings. The molecule has 0 saturated heterocycles. The average Bonchev–Trinajstić information content (AvgIpc) is 2.37. The molecular weight excluding hydrogens is 352 g/mol. The van der Waals surface area contributed by atoms with Crippen molar-refractivity contribution in [3.8, 4) is 0 Å². The van der Waals surface area contributed by atoms with E-state index in [2.05, 4.69) is 15.9 Å². The van der Waals surface area contributed by atoms with Gasteiger partial charge >= 0.3 is 0 Å². The minimum atomic E-state index is -3.09. The number of carbonyl (C=O) groups excluding carboxylic acids is 1. The Bertz CT molecular complexity index is 778. The molecule has 0 amide bonds. The highest BCUT2D eigenvalue weighted by molar-refractivity contribution is 9.10. The van der Waals surface area contributed by atoms with Gasteiger partial charge in [-0.05, 0) is 24.6 Å². The van der Waals surface area contributed by atoms with Crippen molar-refractivity contribution in [3.63, 3.8) is 0 Å². The van der Waals surface area contributed by atoms with Crippen LogP contribution >= 0.6 is 15.9 Å². The van der Waals surface area contributed by atoms with Gasteiger partial charge < -0.3 is 0 Å². The van der Waals surface area contributed by atoms with E-state index in [1.54, 1.807) is 30.3 Å². The molecule has 2 aromatic carbocycles. The lowest BCUT2D eigenvalue weighted by Crippen LogP contribution is -2.05. The molecule has 0 N–H and O–H groups in total. The summed E-state index contributed by atoms with van der Waals surface area (Å²) in [6.45, 7) is 1.96. The molecular formula is C16H15BrO3S. The van der Waals surface area contributed by atoms with Crippen LogP contribution in [0.1, 0.15) is 27.0 Å². The summed E-state index contributed by atoms with van der Waals surface area (Å²) < 4.78 is 23.2. The van der Waals surface area contributed by atoms with Gasteiger partial charge in [0.05, 0.1) is 5.75 Å². The second-order valence-electron chi connectivity index (χ2n) is 5.08. The maximum atomic E-state index is 12.4. The lowest BCUT2D eigenvalue weighted by molar-refractivity contribution is 0.103. The van der Waals surface area contributed by atoms with Gasteiger partial charge in [0.2, 0.25) is 0 Å². The molecule has 2 aromatic rings. The summed E-state index contributed by atoms with van der Waals surface area (Å²) in [6, 6.07) is 12.4. The van der Waals surface area contributed by atoms with Crippen LogP contribution in [0.5, 0.6) is 0 Å². The Kier molecular flexibility index (Phi) is 4.64. The third kappa shape index (κ3) is 4.25. The van der Waals surface area contributed by atoms with Gasteiger partial charge in [-0.15, -0.1) is 0 Å². The molecule has 21 heavy (non-hydrogen) atoms. The summed E-state index contributed by atoms with van der Waals surface area (Å²) in [5.41, 5.74) is 2.88. The fourth-order valence-electron chi connectivity index (χ4n) is 2.00. The van der Waals surface area contributed by atoms with E-state index >= 15 is 0 Å². The number of ketones is 1. The molecule has 0 spiro atoms. The molecule has 0 bridgehead atoms. The number of sulfone groups is 1. The number of carbonyl (C=O) groups is 1. The zero-order chi connectivity index (χ0) is 15.6. The van der Waals surface area contributed by atoms with Crippen LogP contribution in [-0.2, 0) is 15.6 Å². The summed E-state index contributed by atoms with van der Waals surface area (Å²) in [6.07, 6.45) is 1.19. The van der Waals surface area contributed by atoms with Crippen molar-refractivity contribution in [1.82, 2.24) is 0 Å². The first-order valence-electron chi connectivity index (χ1n) is 6.34. The molecule has 0 unspecified atom stereocenters. The summed E-state index contributed by atoms with van der Waals surface area (Å²) in [7, 11) is -3.09. The Morgan fingerprint density at radius 3 is 2.24 bits per heavy atom. The monoisotopic (exact) mass is 366 g/mol. The number of hydrogen-bond acceptors (Lipinski definition) is 3. The van der Waals surface area contributed by atoms with Crippen LogP contribution in [-0.4, -0.2) is 20.5 Å². The maximum Gasteiger partial charge on any atom is 0.194 e. The van der Waals surface area contributed by atoms with E-state index in [4.69, 9.17) is 0 Å². The Hall–Kier alpha value is -1.46. The zero-order valence-electron chi connectivity index (χ0n) is 11.8. The molecule has 0 atom stereocenters. The van der Waals surface area contributed by atoms with Gasteiger partial charge in [0, 0.05) is 21.9 Å². The van der Waals surface area contributed by atoms with E-state index in [1.807, 2.05) is 19.1 Å².